The average molecular weight is 196 g/mol. The molecule has 0 heterocycles. The molecule has 14 heavy (non-hydrogen) atoms. The zero-order chi connectivity index (χ0) is 9.97. The number of nitrogens with two attached hydrogens (primary N) is 1. The van der Waals surface area contributed by atoms with E-state index in [1.54, 1.807) is 0 Å². The SMILES string of the molecule is CC(CN)N(C1CCCCC1)C1CC1. The Bertz CT molecular complexity index is 171. The van der Waals surface area contributed by atoms with E-state index in [-0.39, 0.29) is 0 Å². The molecule has 0 aliphatic heterocycles. The summed E-state index contributed by atoms with van der Waals surface area (Å²) in [6.45, 7) is 3.12. The molecule has 1 unspecified atom stereocenters. The van der Waals surface area contributed by atoms with E-state index in [0.29, 0.717) is 6.04 Å². The Morgan fingerprint density at radius 2 is 1.64 bits per heavy atom. The van der Waals surface area contributed by atoms with Crippen LogP contribution >= 0.6 is 0 Å². The van der Waals surface area contributed by atoms with Gasteiger partial charge in [0.15, 0.2) is 0 Å². The van der Waals surface area contributed by atoms with Crippen molar-refractivity contribution in [2.45, 2.75) is 70.0 Å². The monoisotopic (exact) mass is 196 g/mol. The predicted molar refractivity (Wildman–Crippen MR) is 60.3 cm³/mol. The first-order valence-corrected chi connectivity index (χ1v) is 6.30. The van der Waals surface area contributed by atoms with E-state index in [1.807, 2.05) is 0 Å². The van der Waals surface area contributed by atoms with Gasteiger partial charge in [-0.05, 0) is 32.6 Å². The van der Waals surface area contributed by atoms with E-state index in [9.17, 15) is 0 Å². The quantitative estimate of drug-likeness (QED) is 0.746. The van der Waals surface area contributed by atoms with Crippen molar-refractivity contribution in [3.05, 3.63) is 0 Å². The van der Waals surface area contributed by atoms with Crippen LogP contribution in [0.1, 0.15) is 51.9 Å². The molecule has 0 aromatic heterocycles. The molecule has 2 rings (SSSR count). The van der Waals surface area contributed by atoms with E-state index in [1.165, 1.54) is 44.9 Å². The summed E-state index contributed by atoms with van der Waals surface area (Å²) in [4.78, 5) is 2.74. The Kier molecular flexibility index (Phi) is 3.45. The van der Waals surface area contributed by atoms with E-state index in [0.717, 1.165) is 18.6 Å². The van der Waals surface area contributed by atoms with Crippen LogP contribution in [0.2, 0.25) is 0 Å². The third-order valence-corrected chi connectivity index (χ3v) is 3.81. The standard InChI is InChI=1S/C12H24N2/c1-10(9-13)14(12-7-8-12)11-5-3-2-4-6-11/h10-12H,2-9,13H2,1H3. The zero-order valence-electron chi connectivity index (χ0n) is 9.41. The highest BCUT2D eigenvalue weighted by molar-refractivity contribution is 4.92. The van der Waals surface area contributed by atoms with Crippen molar-refractivity contribution in [3.63, 3.8) is 0 Å². The lowest BCUT2D eigenvalue weighted by Gasteiger charge is -2.38. The van der Waals surface area contributed by atoms with Crippen molar-refractivity contribution in [2.24, 2.45) is 5.73 Å². The van der Waals surface area contributed by atoms with Gasteiger partial charge < -0.3 is 5.73 Å². The average Bonchev–Trinajstić information content (AvgIpc) is 3.04. The Morgan fingerprint density at radius 3 is 2.14 bits per heavy atom. The highest BCUT2D eigenvalue weighted by atomic mass is 15.2. The normalized spacial score (nSPS) is 26.8. The summed E-state index contributed by atoms with van der Waals surface area (Å²) in [5.74, 6) is 0. The summed E-state index contributed by atoms with van der Waals surface area (Å²) in [6, 6.07) is 2.34. The van der Waals surface area contributed by atoms with Gasteiger partial charge in [-0.25, -0.2) is 0 Å². The molecular weight excluding hydrogens is 172 g/mol. The molecule has 0 radical (unpaired) electrons. The maximum absolute atomic E-state index is 5.80. The molecule has 0 aromatic carbocycles. The van der Waals surface area contributed by atoms with Crippen LogP contribution in [0.3, 0.4) is 0 Å². The zero-order valence-corrected chi connectivity index (χ0v) is 9.41. The van der Waals surface area contributed by atoms with E-state index in [4.69, 9.17) is 5.73 Å². The first-order chi connectivity index (χ1) is 6.83. The third kappa shape index (κ3) is 2.29. The van der Waals surface area contributed by atoms with Crippen LogP contribution in [0.25, 0.3) is 0 Å². The number of hydrogen-bond donors (Lipinski definition) is 1. The Balaban J connectivity index is 1.93. The van der Waals surface area contributed by atoms with E-state index >= 15 is 0 Å². The molecule has 0 spiro atoms. The fourth-order valence-corrected chi connectivity index (χ4v) is 2.89. The first-order valence-electron chi connectivity index (χ1n) is 6.30. The minimum absolute atomic E-state index is 0.602. The van der Waals surface area contributed by atoms with Gasteiger partial charge in [0.1, 0.15) is 0 Å². The molecule has 0 aromatic rings. The van der Waals surface area contributed by atoms with Crippen molar-refractivity contribution in [1.82, 2.24) is 4.90 Å². The Labute approximate surface area is 87.8 Å². The molecule has 0 amide bonds. The van der Waals surface area contributed by atoms with Crippen LogP contribution in [-0.4, -0.2) is 29.6 Å². The van der Waals surface area contributed by atoms with E-state index < -0.39 is 0 Å². The van der Waals surface area contributed by atoms with Gasteiger partial charge >= 0.3 is 0 Å². The molecule has 1 atom stereocenters. The minimum Gasteiger partial charge on any atom is -0.329 e. The molecule has 2 aliphatic carbocycles. The lowest BCUT2D eigenvalue weighted by Crippen LogP contribution is -2.47. The van der Waals surface area contributed by atoms with Gasteiger partial charge in [0, 0.05) is 24.7 Å². The molecule has 2 N–H and O–H groups in total. The maximum Gasteiger partial charge on any atom is 0.0195 e. The molecule has 2 nitrogen and oxygen atoms in total. The highest BCUT2D eigenvalue weighted by Crippen LogP contribution is 2.34. The molecule has 2 saturated carbocycles. The molecule has 2 aliphatic rings. The fraction of sp³-hybridized carbons (Fsp3) is 1.00. The second kappa shape index (κ2) is 4.63. The summed E-state index contributed by atoms with van der Waals surface area (Å²) >= 11 is 0. The molecular formula is C12H24N2. The summed E-state index contributed by atoms with van der Waals surface area (Å²) in [5, 5.41) is 0. The summed E-state index contributed by atoms with van der Waals surface area (Å²) in [6.07, 6.45) is 9.99. The number of nitrogens with zero attached hydrogens (tertiary/aromatic N) is 1. The second-order valence-electron chi connectivity index (χ2n) is 5.05. The second-order valence-corrected chi connectivity index (χ2v) is 5.05. The summed E-state index contributed by atoms with van der Waals surface area (Å²) < 4.78 is 0. The topological polar surface area (TPSA) is 29.3 Å². The maximum atomic E-state index is 5.80. The van der Waals surface area contributed by atoms with Gasteiger partial charge in [0.05, 0.1) is 0 Å². The fourth-order valence-electron chi connectivity index (χ4n) is 2.89. The highest BCUT2D eigenvalue weighted by Gasteiger charge is 2.36. The van der Waals surface area contributed by atoms with Crippen molar-refractivity contribution < 1.29 is 0 Å². The molecule has 82 valence electrons. The van der Waals surface area contributed by atoms with Crippen LogP contribution < -0.4 is 5.73 Å². The van der Waals surface area contributed by atoms with Gasteiger partial charge in [0.2, 0.25) is 0 Å². The summed E-state index contributed by atoms with van der Waals surface area (Å²) in [7, 11) is 0. The molecule has 2 fully saturated rings. The molecule has 2 heteroatoms. The van der Waals surface area contributed by atoms with Crippen LogP contribution in [0.15, 0.2) is 0 Å². The number of rotatable bonds is 4. The van der Waals surface area contributed by atoms with Crippen LogP contribution in [-0.2, 0) is 0 Å². The first kappa shape index (κ1) is 10.4. The van der Waals surface area contributed by atoms with Crippen molar-refractivity contribution in [1.29, 1.82) is 0 Å². The summed E-state index contributed by atoms with van der Waals surface area (Å²) in [5.41, 5.74) is 5.80. The molecule has 0 bridgehead atoms. The van der Waals surface area contributed by atoms with Gasteiger partial charge in [-0.3, -0.25) is 4.90 Å². The van der Waals surface area contributed by atoms with E-state index in [2.05, 4.69) is 11.8 Å². The lowest BCUT2D eigenvalue weighted by atomic mass is 9.93. The van der Waals surface area contributed by atoms with Crippen LogP contribution in [0.4, 0.5) is 0 Å². The van der Waals surface area contributed by atoms with Crippen molar-refractivity contribution in [3.8, 4) is 0 Å². The van der Waals surface area contributed by atoms with Gasteiger partial charge in [-0.2, -0.15) is 0 Å². The van der Waals surface area contributed by atoms with Crippen molar-refractivity contribution in [2.75, 3.05) is 6.54 Å². The van der Waals surface area contributed by atoms with Gasteiger partial charge in [-0.1, -0.05) is 19.3 Å². The predicted octanol–water partition coefficient (Wildman–Crippen LogP) is 2.13. The Hall–Kier alpha value is -0.0800. The molecule has 0 saturated heterocycles. The van der Waals surface area contributed by atoms with Gasteiger partial charge in [0.25, 0.3) is 0 Å². The van der Waals surface area contributed by atoms with Crippen molar-refractivity contribution >= 4 is 0 Å². The smallest absolute Gasteiger partial charge is 0.0195 e. The Morgan fingerprint density at radius 1 is 1.07 bits per heavy atom. The largest absolute Gasteiger partial charge is 0.329 e. The number of hydrogen-bond acceptors (Lipinski definition) is 2. The van der Waals surface area contributed by atoms with Gasteiger partial charge in [-0.15, -0.1) is 0 Å². The van der Waals surface area contributed by atoms with Crippen LogP contribution in [0.5, 0.6) is 0 Å². The third-order valence-electron chi connectivity index (χ3n) is 3.81. The van der Waals surface area contributed by atoms with Crippen LogP contribution in [0, 0.1) is 0 Å². The minimum atomic E-state index is 0.602. The lowest BCUT2D eigenvalue weighted by molar-refractivity contribution is 0.106.